The lowest BCUT2D eigenvalue weighted by Crippen LogP contribution is -2.33. The van der Waals surface area contributed by atoms with Gasteiger partial charge >= 0.3 is 0 Å². The van der Waals surface area contributed by atoms with E-state index in [0.29, 0.717) is 6.10 Å². The van der Waals surface area contributed by atoms with E-state index in [2.05, 4.69) is 52.9 Å². The van der Waals surface area contributed by atoms with Gasteiger partial charge in [-0.15, -0.1) is 0 Å². The number of halogens is 1. The first kappa shape index (κ1) is 16.8. The number of nitrogens with zero attached hydrogens (tertiary/aromatic N) is 1. The Morgan fingerprint density at radius 2 is 2.24 bits per heavy atom. The van der Waals surface area contributed by atoms with Crippen LogP contribution in [-0.2, 0) is 11.2 Å². The Bertz CT molecular complexity index is 446. The highest BCUT2D eigenvalue weighted by atomic mass is 79.9. The molecule has 1 aliphatic heterocycles. The normalized spacial score (nSPS) is 19.7. The number of rotatable bonds is 7. The molecule has 1 fully saturated rings. The molecule has 118 valence electrons. The summed E-state index contributed by atoms with van der Waals surface area (Å²) in [6.07, 6.45) is 4.67. The molecular weight excluding hydrogens is 328 g/mol. The van der Waals surface area contributed by atoms with Crippen LogP contribution in [0, 0.1) is 0 Å². The standard InChI is InChI=1S/C17H27BrN2O/c1-3-15(19)11-13-10-14(18)7-8-17(13)20(4-2)12-16-6-5-9-21-16/h7-8,10,15-16H,3-6,9,11-12,19H2,1-2H3. The largest absolute Gasteiger partial charge is 0.376 e. The highest BCUT2D eigenvalue weighted by Crippen LogP contribution is 2.27. The van der Waals surface area contributed by atoms with Crippen molar-refractivity contribution in [2.45, 2.75) is 51.7 Å². The maximum absolute atomic E-state index is 6.17. The first-order valence-electron chi connectivity index (χ1n) is 8.04. The Labute approximate surface area is 137 Å². The number of benzene rings is 1. The Morgan fingerprint density at radius 1 is 1.43 bits per heavy atom. The van der Waals surface area contributed by atoms with Gasteiger partial charge < -0.3 is 15.4 Å². The maximum atomic E-state index is 6.17. The smallest absolute Gasteiger partial charge is 0.0750 e. The Balaban J connectivity index is 2.17. The van der Waals surface area contributed by atoms with Gasteiger partial charge in [0.1, 0.15) is 0 Å². The minimum Gasteiger partial charge on any atom is -0.376 e. The van der Waals surface area contributed by atoms with E-state index >= 15 is 0 Å². The van der Waals surface area contributed by atoms with Gasteiger partial charge in [0.05, 0.1) is 6.10 Å². The van der Waals surface area contributed by atoms with Gasteiger partial charge in [-0.05, 0) is 56.4 Å². The zero-order valence-electron chi connectivity index (χ0n) is 13.1. The molecule has 0 spiro atoms. The minimum absolute atomic E-state index is 0.222. The van der Waals surface area contributed by atoms with E-state index in [4.69, 9.17) is 10.5 Å². The van der Waals surface area contributed by atoms with E-state index in [-0.39, 0.29) is 6.04 Å². The summed E-state index contributed by atoms with van der Waals surface area (Å²) in [7, 11) is 0. The maximum Gasteiger partial charge on any atom is 0.0750 e. The molecule has 2 N–H and O–H groups in total. The number of hydrogen-bond donors (Lipinski definition) is 1. The van der Waals surface area contributed by atoms with Gasteiger partial charge in [0.25, 0.3) is 0 Å². The van der Waals surface area contributed by atoms with Crippen LogP contribution in [0.1, 0.15) is 38.7 Å². The van der Waals surface area contributed by atoms with Crippen LogP contribution < -0.4 is 10.6 Å². The number of hydrogen-bond acceptors (Lipinski definition) is 3. The lowest BCUT2D eigenvalue weighted by Gasteiger charge is -2.29. The first-order chi connectivity index (χ1) is 10.1. The fourth-order valence-electron chi connectivity index (χ4n) is 2.88. The van der Waals surface area contributed by atoms with E-state index in [1.165, 1.54) is 24.1 Å². The number of nitrogens with two attached hydrogens (primary N) is 1. The van der Waals surface area contributed by atoms with Crippen molar-refractivity contribution in [2.75, 3.05) is 24.6 Å². The van der Waals surface area contributed by atoms with Gasteiger partial charge in [0.2, 0.25) is 0 Å². The molecule has 0 aliphatic carbocycles. The van der Waals surface area contributed by atoms with E-state index in [1.54, 1.807) is 0 Å². The van der Waals surface area contributed by atoms with Crippen molar-refractivity contribution < 1.29 is 4.74 Å². The molecule has 1 aromatic carbocycles. The average Bonchev–Trinajstić information content (AvgIpc) is 2.98. The molecule has 0 amide bonds. The second-order valence-electron chi connectivity index (χ2n) is 5.82. The second kappa shape index (κ2) is 8.16. The summed E-state index contributed by atoms with van der Waals surface area (Å²) >= 11 is 3.58. The SMILES string of the molecule is CCC(N)Cc1cc(Br)ccc1N(CC)CC1CCCO1. The van der Waals surface area contributed by atoms with Gasteiger partial charge in [-0.3, -0.25) is 0 Å². The number of ether oxygens (including phenoxy) is 1. The summed E-state index contributed by atoms with van der Waals surface area (Å²) in [6.45, 7) is 7.24. The predicted molar refractivity (Wildman–Crippen MR) is 93.0 cm³/mol. The molecule has 0 radical (unpaired) electrons. The summed E-state index contributed by atoms with van der Waals surface area (Å²) in [5, 5.41) is 0. The van der Waals surface area contributed by atoms with Gasteiger partial charge in [0.15, 0.2) is 0 Å². The molecule has 21 heavy (non-hydrogen) atoms. The van der Waals surface area contributed by atoms with Crippen molar-refractivity contribution in [3.63, 3.8) is 0 Å². The third kappa shape index (κ3) is 4.70. The Morgan fingerprint density at radius 3 is 2.86 bits per heavy atom. The Hall–Kier alpha value is -0.580. The molecule has 0 aromatic heterocycles. The molecule has 1 aromatic rings. The van der Waals surface area contributed by atoms with E-state index < -0.39 is 0 Å². The Kier molecular flexibility index (Phi) is 6.52. The van der Waals surface area contributed by atoms with Crippen LogP contribution in [-0.4, -0.2) is 31.8 Å². The van der Waals surface area contributed by atoms with Gasteiger partial charge in [-0.25, -0.2) is 0 Å². The van der Waals surface area contributed by atoms with Gasteiger partial charge in [-0.2, -0.15) is 0 Å². The molecule has 1 saturated heterocycles. The zero-order chi connectivity index (χ0) is 15.2. The lowest BCUT2D eigenvalue weighted by molar-refractivity contribution is 0.115. The molecule has 1 aliphatic rings. The highest BCUT2D eigenvalue weighted by Gasteiger charge is 2.20. The lowest BCUT2D eigenvalue weighted by atomic mass is 10.0. The minimum atomic E-state index is 0.222. The van der Waals surface area contributed by atoms with E-state index in [0.717, 1.165) is 37.0 Å². The molecule has 2 rings (SSSR count). The molecular formula is C17H27BrN2O. The van der Waals surface area contributed by atoms with Crippen molar-refractivity contribution in [3.8, 4) is 0 Å². The van der Waals surface area contributed by atoms with Crippen LogP contribution >= 0.6 is 15.9 Å². The van der Waals surface area contributed by atoms with Crippen LogP contribution in [0.2, 0.25) is 0 Å². The van der Waals surface area contributed by atoms with Crippen molar-refractivity contribution in [3.05, 3.63) is 28.2 Å². The first-order valence-corrected chi connectivity index (χ1v) is 8.83. The molecule has 3 nitrogen and oxygen atoms in total. The third-order valence-corrected chi connectivity index (χ3v) is 4.71. The van der Waals surface area contributed by atoms with Crippen molar-refractivity contribution in [1.29, 1.82) is 0 Å². The van der Waals surface area contributed by atoms with Crippen LogP contribution in [0.4, 0.5) is 5.69 Å². The topological polar surface area (TPSA) is 38.5 Å². The molecule has 0 bridgehead atoms. The third-order valence-electron chi connectivity index (χ3n) is 4.22. The fraction of sp³-hybridized carbons (Fsp3) is 0.647. The van der Waals surface area contributed by atoms with Crippen molar-refractivity contribution >= 4 is 21.6 Å². The monoisotopic (exact) mass is 354 g/mol. The van der Waals surface area contributed by atoms with Crippen molar-refractivity contribution in [1.82, 2.24) is 0 Å². The summed E-state index contributed by atoms with van der Waals surface area (Å²) in [5.41, 5.74) is 8.81. The molecule has 2 unspecified atom stereocenters. The van der Waals surface area contributed by atoms with Crippen LogP contribution in [0.25, 0.3) is 0 Å². The zero-order valence-corrected chi connectivity index (χ0v) is 14.7. The molecule has 4 heteroatoms. The molecule has 2 atom stereocenters. The van der Waals surface area contributed by atoms with Gasteiger partial charge in [-0.1, -0.05) is 22.9 Å². The van der Waals surface area contributed by atoms with Crippen LogP contribution in [0.3, 0.4) is 0 Å². The average molecular weight is 355 g/mol. The van der Waals surface area contributed by atoms with Crippen molar-refractivity contribution in [2.24, 2.45) is 5.73 Å². The number of anilines is 1. The summed E-state index contributed by atoms with van der Waals surface area (Å²) in [4.78, 5) is 2.43. The second-order valence-corrected chi connectivity index (χ2v) is 6.73. The predicted octanol–water partition coefficient (Wildman–Crippen LogP) is 3.73. The van der Waals surface area contributed by atoms with Crippen LogP contribution in [0.5, 0.6) is 0 Å². The quantitative estimate of drug-likeness (QED) is 0.810. The number of likely N-dealkylation sites (N-methyl/N-ethyl adjacent to an activating group) is 1. The molecule has 0 saturated carbocycles. The molecule has 1 heterocycles. The van der Waals surface area contributed by atoms with Gasteiger partial charge in [0, 0.05) is 35.9 Å². The van der Waals surface area contributed by atoms with E-state index in [9.17, 15) is 0 Å². The highest BCUT2D eigenvalue weighted by molar-refractivity contribution is 9.10. The fourth-order valence-corrected chi connectivity index (χ4v) is 3.29. The van der Waals surface area contributed by atoms with Crippen LogP contribution in [0.15, 0.2) is 22.7 Å². The summed E-state index contributed by atoms with van der Waals surface area (Å²) in [5.74, 6) is 0. The summed E-state index contributed by atoms with van der Waals surface area (Å²) < 4.78 is 6.92. The summed E-state index contributed by atoms with van der Waals surface area (Å²) in [6, 6.07) is 6.76. The van der Waals surface area contributed by atoms with E-state index in [1.807, 2.05) is 0 Å².